The van der Waals surface area contributed by atoms with Gasteiger partial charge in [0.2, 0.25) is 64.1 Å². The number of amides is 12. The summed E-state index contributed by atoms with van der Waals surface area (Å²) in [5, 5.41) is 60.1. The van der Waals surface area contributed by atoms with Crippen LogP contribution in [0.3, 0.4) is 0 Å². The van der Waals surface area contributed by atoms with Crippen LogP contribution in [0.2, 0.25) is 0 Å². The molecular weight excluding hydrogens is 1350 g/mol. The van der Waals surface area contributed by atoms with Crippen molar-refractivity contribution in [2.75, 3.05) is 111 Å². The van der Waals surface area contributed by atoms with Crippen molar-refractivity contribution >= 4 is 105 Å². The molecule has 2 aromatic heterocycles. The molecule has 1 saturated heterocycles. The summed E-state index contributed by atoms with van der Waals surface area (Å²) in [4.78, 5) is 166. The van der Waals surface area contributed by atoms with Gasteiger partial charge in [0.1, 0.15) is 41.4 Å². The highest BCUT2D eigenvalue weighted by molar-refractivity contribution is 7.98. The number of thioether (sulfide) groups is 1. The van der Waals surface area contributed by atoms with Crippen LogP contribution in [0, 0.1) is 11.8 Å². The molecule has 0 spiro atoms. The van der Waals surface area contributed by atoms with Gasteiger partial charge in [-0.3, -0.25) is 62.4 Å². The first-order chi connectivity index (χ1) is 47.9. The second kappa shape index (κ2) is 40.8. The third-order valence-electron chi connectivity index (χ3n) is 16.4. The van der Waals surface area contributed by atoms with E-state index >= 15 is 4.55 Å². The minimum atomic E-state index is -2.48. The zero-order valence-electron chi connectivity index (χ0n) is 56.4. The van der Waals surface area contributed by atoms with Crippen molar-refractivity contribution in [3.63, 3.8) is 0 Å². The highest BCUT2D eigenvalue weighted by atomic mass is 32.2. The van der Waals surface area contributed by atoms with Crippen LogP contribution in [0.15, 0.2) is 35.5 Å². The SMILES string of the molecule is CC[C@H](C)CC(=O)NCC(=O)N[C@H]1C[S+]([O-])c2[nH]c3c(CSCCNC(=O)CCOCCOCCOCCOCCn4cc(CN5C(=O)C=CC5=O)nn4)c(OC)ccc3c2C[C@@H](C(=O)NCC(=O)NC)NC(=O)[C@H]([C@@H](C)[C@@H](O)CO)NC(=O)[C@@H]2C[C@@H](O)CN2C(=O)[C@H](CC(N)=O)NC1=O. The number of carbonyl (C=O) groups excluding carboxylic acids is 12. The summed E-state index contributed by atoms with van der Waals surface area (Å²) < 4.78 is 45.0. The molecule has 3 aliphatic rings. The number of rotatable bonds is 37. The number of carbonyl (C=O) groups is 12. The van der Waals surface area contributed by atoms with Gasteiger partial charge in [-0.05, 0) is 18.1 Å². The number of H-pyrrole nitrogens is 1. The maximum atomic E-state index is 15.4. The Balaban J connectivity index is 1.15. The van der Waals surface area contributed by atoms with E-state index in [2.05, 4.69) is 57.8 Å². The van der Waals surface area contributed by atoms with Gasteiger partial charge < -0.3 is 102 Å². The first-order valence-corrected chi connectivity index (χ1v) is 35.0. The molecule has 36 nitrogen and oxygen atoms in total. The predicted molar refractivity (Wildman–Crippen MR) is 356 cm³/mol. The molecule has 14 N–H and O–H groups in total. The summed E-state index contributed by atoms with van der Waals surface area (Å²) in [5.74, 6) is -11.2. The van der Waals surface area contributed by atoms with E-state index in [1.807, 2.05) is 13.8 Å². The van der Waals surface area contributed by atoms with Crippen LogP contribution in [-0.2, 0) is 113 Å². The van der Waals surface area contributed by atoms with E-state index in [9.17, 15) is 72.9 Å². The van der Waals surface area contributed by atoms with Crippen LogP contribution in [0.4, 0.5) is 0 Å². The lowest BCUT2D eigenvalue weighted by molar-refractivity contribution is -0.144. The number of fused-ring (bicyclic) bond motifs is 4. The van der Waals surface area contributed by atoms with Crippen molar-refractivity contribution in [3.8, 4) is 5.75 Å². The van der Waals surface area contributed by atoms with Gasteiger partial charge in [0.15, 0.2) is 6.04 Å². The Labute approximate surface area is 583 Å². The summed E-state index contributed by atoms with van der Waals surface area (Å²) in [5.41, 5.74) is 6.90. The first kappa shape index (κ1) is 80.6. The van der Waals surface area contributed by atoms with Gasteiger partial charge >= 0.3 is 0 Å². The summed E-state index contributed by atoms with van der Waals surface area (Å²) >= 11 is -1.13. The number of benzene rings is 1. The number of imide groups is 1. The smallest absolute Gasteiger partial charge is 0.253 e. The number of nitrogens with one attached hydrogen (secondary N) is 9. The molecule has 1 unspecified atom stereocenters. The number of nitrogens with zero attached hydrogens (tertiary/aromatic N) is 5. The fourth-order valence-electron chi connectivity index (χ4n) is 10.6. The Kier molecular flexibility index (Phi) is 32.9. The number of aliphatic hydroxyl groups excluding tert-OH is 3. The molecule has 0 saturated carbocycles. The fourth-order valence-corrected chi connectivity index (χ4v) is 12.9. The Hall–Kier alpha value is -8.34. The highest BCUT2D eigenvalue weighted by Crippen LogP contribution is 2.37. The summed E-state index contributed by atoms with van der Waals surface area (Å²) in [6.45, 7) is 5.04. The minimum absolute atomic E-state index is 0.0270. The molecule has 0 radical (unpaired) electrons. The van der Waals surface area contributed by atoms with Crippen molar-refractivity contribution in [2.24, 2.45) is 17.6 Å². The number of aliphatic hydroxyl groups is 3. The molecule has 6 rings (SSSR count). The third kappa shape index (κ3) is 24.5. The molecule has 0 bridgehead atoms. The number of primary amides is 1. The standard InChI is InChI=1S/C62H91N15O21S2/c1-6-35(2)23-50(83)66-28-52(85)68-44-34-100(93)61-40(25-42(57(88)67-27-51(84)64-4)69-60(91)55(36(3)46(80)32-78)71-59(90)45-24-38(79)31-76(45)62(92)43(26-48(63)81)70-58(44)89)39-7-8-47(94-5)41(56(39)72-61)33-99-22-12-65-49(82)11-14-95-16-18-97-20-21-98-19-17-96-15-13-75-29-37(73-74-75)30-77-53(86)9-10-54(77)87/h7-10,29,35-36,38,42-46,55,72,78-80H,6,11-28,30-34H2,1-5H3,(H2,63,81)(H,64,84)(H,65,82)(H,66,83)(H,67,88)(H,68,85)(H,69,91)(H,70,89)(H,71,90)/t35-,36-,38+,42-,43-,44-,45-,46-,55-,100?/m0/s1. The number of aromatic nitrogens is 4. The molecule has 3 aliphatic heterocycles. The zero-order chi connectivity index (χ0) is 73.0. The normalized spacial score (nSPS) is 20.8. The number of methoxy groups -OCH3 is 1. The lowest BCUT2D eigenvalue weighted by Gasteiger charge is -2.32. The lowest BCUT2D eigenvalue weighted by Crippen LogP contribution is -2.62. The van der Waals surface area contributed by atoms with Gasteiger partial charge in [0.25, 0.3) is 11.8 Å². The highest BCUT2D eigenvalue weighted by Gasteiger charge is 2.45. The Morgan fingerprint density at radius 1 is 0.850 bits per heavy atom. The van der Waals surface area contributed by atoms with Gasteiger partial charge in [0.05, 0.1) is 123 Å². The molecular formula is C62H91N15O21S2. The molecule has 0 aliphatic carbocycles. The molecule has 1 aromatic carbocycles. The van der Waals surface area contributed by atoms with Crippen LogP contribution >= 0.6 is 11.8 Å². The second-order valence-electron chi connectivity index (χ2n) is 23.8. The quantitative estimate of drug-likeness (QED) is 0.0146. The van der Waals surface area contributed by atoms with Gasteiger partial charge in [0, 0.05) is 103 Å². The number of aromatic amines is 1. The second-order valence-corrected chi connectivity index (χ2v) is 26.3. The maximum Gasteiger partial charge on any atom is 0.253 e. The molecule has 3 aromatic rings. The topological polar surface area (TPSA) is 510 Å². The largest absolute Gasteiger partial charge is 0.610 e. The average molecular weight is 1450 g/mol. The third-order valence-corrected chi connectivity index (χ3v) is 18.8. The molecule has 12 amide bonds. The Morgan fingerprint density at radius 3 is 2.17 bits per heavy atom. The van der Waals surface area contributed by atoms with E-state index in [4.69, 9.17) is 29.4 Å². The average Bonchev–Trinajstić information content (AvgIpc) is 1.57. The lowest BCUT2D eigenvalue weighted by atomic mass is 9.93. The minimum Gasteiger partial charge on any atom is -0.610 e. The predicted octanol–water partition coefficient (Wildman–Crippen LogP) is -5.46. The fraction of sp³-hybridized carbons (Fsp3) is 0.613. The van der Waals surface area contributed by atoms with E-state index in [0.29, 0.717) is 74.1 Å². The Morgan fingerprint density at radius 2 is 1.52 bits per heavy atom. The van der Waals surface area contributed by atoms with Crippen LogP contribution < -0.4 is 53.0 Å². The number of hydrogen-bond donors (Lipinski definition) is 13. The summed E-state index contributed by atoms with van der Waals surface area (Å²) in [6.07, 6.45) is -0.169. The summed E-state index contributed by atoms with van der Waals surface area (Å²) in [7, 11) is 2.72. The van der Waals surface area contributed by atoms with Crippen molar-refractivity contribution in [1.29, 1.82) is 0 Å². The van der Waals surface area contributed by atoms with E-state index in [0.717, 1.165) is 9.80 Å². The molecule has 5 heterocycles. The number of hydrogen-bond acceptors (Lipinski definition) is 24. The van der Waals surface area contributed by atoms with Crippen LogP contribution in [-0.4, -0.2) is 274 Å². The first-order valence-electron chi connectivity index (χ1n) is 32.5. The van der Waals surface area contributed by atoms with Crippen molar-refractivity contribution in [3.05, 3.63) is 47.3 Å². The van der Waals surface area contributed by atoms with Crippen molar-refractivity contribution in [2.45, 2.75) is 126 Å². The van der Waals surface area contributed by atoms with E-state index in [1.165, 1.54) is 45.0 Å². The van der Waals surface area contributed by atoms with Gasteiger partial charge in [-0.25, -0.2) is 4.68 Å². The zero-order valence-corrected chi connectivity index (χ0v) is 58.0. The molecule has 100 heavy (non-hydrogen) atoms. The van der Waals surface area contributed by atoms with Gasteiger partial charge in [-0.15, -0.1) is 5.10 Å². The number of likely N-dealkylation sites (N-methyl/N-ethyl adjacent to an activating group) is 1. The number of ether oxygens (including phenoxy) is 5. The van der Waals surface area contributed by atoms with Crippen molar-refractivity contribution in [1.82, 2.24) is 72.3 Å². The number of nitrogens with two attached hydrogens (primary N) is 1. The monoisotopic (exact) mass is 1450 g/mol. The van der Waals surface area contributed by atoms with Crippen molar-refractivity contribution < 1.29 is 101 Å². The van der Waals surface area contributed by atoms with E-state index < -0.39 is 176 Å². The molecule has 1 fully saturated rings. The van der Waals surface area contributed by atoms with E-state index in [-0.39, 0.29) is 79.4 Å². The van der Waals surface area contributed by atoms with Crippen LogP contribution in [0.1, 0.15) is 69.7 Å². The van der Waals surface area contributed by atoms with E-state index in [1.54, 1.807) is 23.0 Å². The van der Waals surface area contributed by atoms with Crippen LogP contribution in [0.5, 0.6) is 5.75 Å². The molecule has 10 atom stereocenters. The maximum absolute atomic E-state index is 15.4. The van der Waals surface area contributed by atoms with Gasteiger partial charge in [-0.1, -0.05) is 32.4 Å². The molecule has 552 valence electrons. The van der Waals surface area contributed by atoms with Crippen LogP contribution in [0.25, 0.3) is 10.9 Å². The Bertz CT molecular complexity index is 3360. The van der Waals surface area contributed by atoms with Gasteiger partial charge in [-0.2, -0.15) is 11.8 Å². The molecule has 38 heteroatoms. The summed E-state index contributed by atoms with van der Waals surface area (Å²) in [6, 6.07) is -5.75.